The molecule has 1 aliphatic rings. The Kier molecular flexibility index (Phi) is 6.71. The maximum atomic E-state index is 12.2. The quantitative estimate of drug-likeness (QED) is 0.751. The highest BCUT2D eigenvalue weighted by molar-refractivity contribution is 6.40. The molecule has 0 spiro atoms. The first kappa shape index (κ1) is 19.9. The van der Waals surface area contributed by atoms with Crippen molar-refractivity contribution in [2.75, 3.05) is 37.0 Å². The summed E-state index contributed by atoms with van der Waals surface area (Å²) in [6.07, 6.45) is 5.50. The van der Waals surface area contributed by atoms with Crippen molar-refractivity contribution in [3.05, 3.63) is 47.7 Å². The minimum absolute atomic E-state index is 0.338. The Labute approximate surface area is 169 Å². The molecule has 0 bridgehead atoms. The van der Waals surface area contributed by atoms with Crippen LogP contribution in [0.2, 0.25) is 5.02 Å². The van der Waals surface area contributed by atoms with Gasteiger partial charge in [0.05, 0.1) is 24.7 Å². The molecule has 2 heterocycles. The lowest BCUT2D eigenvalue weighted by atomic mass is 9.96. The van der Waals surface area contributed by atoms with E-state index in [-0.39, 0.29) is 0 Å². The molecule has 7 nitrogen and oxygen atoms in total. The van der Waals surface area contributed by atoms with E-state index >= 15 is 0 Å². The predicted molar refractivity (Wildman–Crippen MR) is 109 cm³/mol. The molecule has 1 aromatic carbocycles. The number of hydrogen-bond donors (Lipinski definition) is 2. The van der Waals surface area contributed by atoms with Gasteiger partial charge in [-0.15, -0.1) is 0 Å². The molecular weight excluding hydrogens is 380 g/mol. The minimum Gasteiger partial charge on any atom is -0.495 e. The third-order valence-corrected chi connectivity index (χ3v) is 5.03. The number of carbonyl (C=O) groups excluding carboxylic acids is 2. The molecule has 148 valence electrons. The van der Waals surface area contributed by atoms with Gasteiger partial charge in [-0.1, -0.05) is 11.6 Å². The van der Waals surface area contributed by atoms with Crippen molar-refractivity contribution in [2.45, 2.75) is 12.8 Å². The van der Waals surface area contributed by atoms with Crippen molar-refractivity contribution in [1.29, 1.82) is 0 Å². The Morgan fingerprint density at radius 1 is 1.25 bits per heavy atom. The molecular formula is C20H23ClN4O3. The fraction of sp³-hybridized carbons (Fsp3) is 0.350. The van der Waals surface area contributed by atoms with Crippen LogP contribution < -0.4 is 20.3 Å². The average Bonchev–Trinajstić information content (AvgIpc) is 2.73. The van der Waals surface area contributed by atoms with E-state index in [1.54, 1.807) is 24.4 Å². The number of carbonyl (C=O) groups is 2. The molecule has 0 aliphatic carbocycles. The summed E-state index contributed by atoms with van der Waals surface area (Å²) in [5.74, 6) is -0.635. The second-order valence-electron chi connectivity index (χ2n) is 6.65. The highest BCUT2D eigenvalue weighted by Crippen LogP contribution is 2.27. The van der Waals surface area contributed by atoms with Crippen LogP contribution in [0.5, 0.6) is 5.75 Å². The van der Waals surface area contributed by atoms with E-state index in [0.29, 0.717) is 28.9 Å². The Hall–Kier alpha value is -2.80. The highest BCUT2D eigenvalue weighted by Gasteiger charge is 2.22. The maximum absolute atomic E-state index is 12.2. The summed E-state index contributed by atoms with van der Waals surface area (Å²) in [6.45, 7) is 2.27. The van der Waals surface area contributed by atoms with Gasteiger partial charge in [0.2, 0.25) is 0 Å². The van der Waals surface area contributed by atoms with Crippen molar-refractivity contribution >= 4 is 34.8 Å². The Morgan fingerprint density at radius 3 is 2.71 bits per heavy atom. The molecule has 1 saturated heterocycles. The number of amides is 2. The van der Waals surface area contributed by atoms with Gasteiger partial charge in [-0.05, 0) is 49.1 Å². The van der Waals surface area contributed by atoms with E-state index in [0.717, 1.165) is 31.6 Å². The van der Waals surface area contributed by atoms with Gasteiger partial charge in [-0.2, -0.15) is 0 Å². The number of piperidine rings is 1. The topological polar surface area (TPSA) is 83.6 Å². The molecule has 1 aliphatic heterocycles. The maximum Gasteiger partial charge on any atom is 0.313 e. The van der Waals surface area contributed by atoms with Gasteiger partial charge in [0.1, 0.15) is 5.75 Å². The standard InChI is InChI=1S/C20H23ClN4O3/c1-28-18-5-4-15(21)11-17(18)24-20(27)19(26)23-12-14-6-9-25(10-7-14)16-3-2-8-22-13-16/h2-5,8,11,13-14H,6-7,9-10,12H2,1H3,(H,23,26)(H,24,27). The Morgan fingerprint density at radius 2 is 2.04 bits per heavy atom. The molecule has 0 saturated carbocycles. The first-order chi connectivity index (χ1) is 13.6. The number of rotatable bonds is 5. The molecule has 2 aromatic rings. The van der Waals surface area contributed by atoms with Crippen LogP contribution in [0.15, 0.2) is 42.7 Å². The van der Waals surface area contributed by atoms with Crippen LogP contribution in [0, 0.1) is 5.92 Å². The molecule has 28 heavy (non-hydrogen) atoms. The third-order valence-electron chi connectivity index (χ3n) is 4.79. The number of halogens is 1. The van der Waals surface area contributed by atoms with Crippen LogP contribution in [-0.4, -0.2) is 43.5 Å². The number of hydrogen-bond acceptors (Lipinski definition) is 5. The van der Waals surface area contributed by atoms with Crippen molar-refractivity contribution in [3.8, 4) is 5.75 Å². The fourth-order valence-corrected chi connectivity index (χ4v) is 3.38. The zero-order valence-electron chi connectivity index (χ0n) is 15.7. The molecule has 1 aromatic heterocycles. The van der Waals surface area contributed by atoms with Gasteiger partial charge in [-0.3, -0.25) is 14.6 Å². The summed E-state index contributed by atoms with van der Waals surface area (Å²) >= 11 is 5.94. The monoisotopic (exact) mass is 402 g/mol. The number of anilines is 2. The third kappa shape index (κ3) is 5.13. The van der Waals surface area contributed by atoms with Crippen LogP contribution >= 0.6 is 11.6 Å². The number of nitrogens with zero attached hydrogens (tertiary/aromatic N) is 2. The molecule has 0 atom stereocenters. The van der Waals surface area contributed by atoms with E-state index in [2.05, 4.69) is 20.5 Å². The van der Waals surface area contributed by atoms with E-state index in [1.165, 1.54) is 7.11 Å². The molecule has 0 radical (unpaired) electrons. The van der Waals surface area contributed by atoms with Crippen LogP contribution in [0.25, 0.3) is 0 Å². The average molecular weight is 403 g/mol. The first-order valence-electron chi connectivity index (χ1n) is 9.14. The Balaban J connectivity index is 1.46. The second-order valence-corrected chi connectivity index (χ2v) is 7.09. The van der Waals surface area contributed by atoms with Gasteiger partial charge in [0, 0.05) is 30.9 Å². The van der Waals surface area contributed by atoms with Gasteiger partial charge in [0.15, 0.2) is 0 Å². The zero-order chi connectivity index (χ0) is 19.9. The molecule has 2 N–H and O–H groups in total. The van der Waals surface area contributed by atoms with Crippen LogP contribution in [-0.2, 0) is 9.59 Å². The lowest BCUT2D eigenvalue weighted by Gasteiger charge is -2.33. The van der Waals surface area contributed by atoms with E-state index in [1.807, 2.05) is 18.3 Å². The van der Waals surface area contributed by atoms with Crippen LogP contribution in [0.3, 0.4) is 0 Å². The summed E-state index contributed by atoms with van der Waals surface area (Å²) in [7, 11) is 1.48. The zero-order valence-corrected chi connectivity index (χ0v) is 16.4. The van der Waals surface area contributed by atoms with Crippen molar-refractivity contribution in [2.24, 2.45) is 5.92 Å². The number of pyridine rings is 1. The van der Waals surface area contributed by atoms with Gasteiger partial charge >= 0.3 is 11.8 Å². The number of nitrogens with one attached hydrogen (secondary N) is 2. The molecule has 8 heteroatoms. The number of aromatic nitrogens is 1. The van der Waals surface area contributed by atoms with Crippen molar-refractivity contribution in [1.82, 2.24) is 10.3 Å². The number of ether oxygens (including phenoxy) is 1. The summed E-state index contributed by atoms with van der Waals surface area (Å²) in [6, 6.07) is 8.79. The van der Waals surface area contributed by atoms with Gasteiger partial charge in [-0.25, -0.2) is 0 Å². The van der Waals surface area contributed by atoms with Gasteiger partial charge in [0.25, 0.3) is 0 Å². The molecule has 2 amide bonds. The first-order valence-corrected chi connectivity index (χ1v) is 9.52. The summed E-state index contributed by atoms with van der Waals surface area (Å²) < 4.78 is 5.17. The highest BCUT2D eigenvalue weighted by atomic mass is 35.5. The lowest BCUT2D eigenvalue weighted by molar-refractivity contribution is -0.136. The normalized spacial score (nSPS) is 14.4. The second kappa shape index (κ2) is 9.41. The summed E-state index contributed by atoms with van der Waals surface area (Å²) in [5, 5.41) is 5.71. The number of benzene rings is 1. The predicted octanol–water partition coefficient (Wildman–Crippen LogP) is 2.71. The fourth-order valence-electron chi connectivity index (χ4n) is 3.21. The van der Waals surface area contributed by atoms with E-state index in [9.17, 15) is 9.59 Å². The van der Waals surface area contributed by atoms with Crippen molar-refractivity contribution in [3.63, 3.8) is 0 Å². The Bertz CT molecular complexity index is 823. The smallest absolute Gasteiger partial charge is 0.313 e. The van der Waals surface area contributed by atoms with Crippen LogP contribution in [0.4, 0.5) is 11.4 Å². The molecule has 0 unspecified atom stereocenters. The minimum atomic E-state index is -0.742. The summed E-state index contributed by atoms with van der Waals surface area (Å²) in [5.41, 5.74) is 1.47. The molecule has 1 fully saturated rings. The van der Waals surface area contributed by atoms with E-state index in [4.69, 9.17) is 16.3 Å². The van der Waals surface area contributed by atoms with E-state index < -0.39 is 11.8 Å². The lowest BCUT2D eigenvalue weighted by Crippen LogP contribution is -2.41. The largest absolute Gasteiger partial charge is 0.495 e. The molecule has 3 rings (SSSR count). The SMILES string of the molecule is COc1ccc(Cl)cc1NC(=O)C(=O)NCC1CCN(c2cccnc2)CC1. The van der Waals surface area contributed by atoms with Crippen molar-refractivity contribution < 1.29 is 14.3 Å². The van der Waals surface area contributed by atoms with Crippen LogP contribution in [0.1, 0.15) is 12.8 Å². The summed E-state index contributed by atoms with van der Waals surface area (Å²) in [4.78, 5) is 30.7. The number of methoxy groups -OCH3 is 1. The van der Waals surface area contributed by atoms with Gasteiger partial charge < -0.3 is 20.3 Å².